The van der Waals surface area contributed by atoms with E-state index in [1.54, 1.807) is 0 Å². The lowest BCUT2D eigenvalue weighted by molar-refractivity contribution is -0.156. The molecule has 92 valence electrons. The zero-order valence-corrected chi connectivity index (χ0v) is 10.2. The van der Waals surface area contributed by atoms with Crippen LogP contribution in [0, 0.1) is 11.8 Å². The van der Waals surface area contributed by atoms with Crippen LogP contribution in [-0.4, -0.2) is 25.2 Å². The van der Waals surface area contributed by atoms with Gasteiger partial charge in [-0.15, -0.1) is 0 Å². The lowest BCUT2D eigenvalue weighted by Crippen LogP contribution is -2.30. The van der Waals surface area contributed by atoms with E-state index in [2.05, 4.69) is 0 Å². The monoisotopic (exact) mass is 228 g/mol. The minimum absolute atomic E-state index is 0.0917. The first-order valence-corrected chi connectivity index (χ1v) is 5.83. The highest BCUT2D eigenvalue weighted by atomic mass is 16.5. The number of ether oxygens (including phenoxy) is 2. The quantitative estimate of drug-likeness (QED) is 0.692. The van der Waals surface area contributed by atoms with E-state index < -0.39 is 0 Å². The SMILES string of the molecule is COC(=O)C1CCCC(C(=O)OC(C)C)C1. The molecule has 1 saturated carbocycles. The number of methoxy groups -OCH3 is 1. The Hall–Kier alpha value is -1.06. The summed E-state index contributed by atoms with van der Waals surface area (Å²) >= 11 is 0. The lowest BCUT2D eigenvalue weighted by atomic mass is 9.81. The second-order valence-corrected chi connectivity index (χ2v) is 4.57. The standard InChI is InChI=1S/C12H20O4/c1-8(2)16-12(14)10-6-4-5-9(7-10)11(13)15-3/h8-10H,4-7H2,1-3H3. The number of rotatable bonds is 3. The van der Waals surface area contributed by atoms with Crippen molar-refractivity contribution in [3.63, 3.8) is 0 Å². The van der Waals surface area contributed by atoms with E-state index >= 15 is 0 Å². The fraction of sp³-hybridized carbons (Fsp3) is 0.833. The number of esters is 2. The van der Waals surface area contributed by atoms with Crippen molar-refractivity contribution in [1.82, 2.24) is 0 Å². The van der Waals surface area contributed by atoms with E-state index in [9.17, 15) is 9.59 Å². The highest BCUT2D eigenvalue weighted by Crippen LogP contribution is 2.30. The van der Waals surface area contributed by atoms with E-state index in [-0.39, 0.29) is 29.9 Å². The van der Waals surface area contributed by atoms with E-state index in [0.29, 0.717) is 6.42 Å². The van der Waals surface area contributed by atoms with Gasteiger partial charge in [-0.25, -0.2) is 0 Å². The van der Waals surface area contributed by atoms with Crippen LogP contribution >= 0.6 is 0 Å². The molecule has 0 amide bonds. The second kappa shape index (κ2) is 5.87. The maximum atomic E-state index is 11.7. The van der Waals surface area contributed by atoms with Crippen molar-refractivity contribution in [2.45, 2.75) is 45.6 Å². The van der Waals surface area contributed by atoms with Gasteiger partial charge in [-0.3, -0.25) is 9.59 Å². The topological polar surface area (TPSA) is 52.6 Å². The van der Waals surface area contributed by atoms with Gasteiger partial charge >= 0.3 is 11.9 Å². The molecule has 0 radical (unpaired) electrons. The first-order valence-electron chi connectivity index (χ1n) is 5.83. The molecule has 2 atom stereocenters. The normalized spacial score (nSPS) is 25.2. The Morgan fingerprint density at radius 3 is 2.19 bits per heavy atom. The molecular weight excluding hydrogens is 208 g/mol. The Morgan fingerprint density at radius 2 is 1.69 bits per heavy atom. The predicted molar refractivity (Wildman–Crippen MR) is 58.7 cm³/mol. The molecule has 0 spiro atoms. The van der Waals surface area contributed by atoms with Crippen molar-refractivity contribution >= 4 is 11.9 Å². The molecule has 1 aliphatic rings. The summed E-state index contributed by atoms with van der Waals surface area (Å²) in [4.78, 5) is 23.1. The molecule has 0 aromatic heterocycles. The largest absolute Gasteiger partial charge is 0.469 e. The highest BCUT2D eigenvalue weighted by molar-refractivity contribution is 5.76. The molecule has 0 heterocycles. The summed E-state index contributed by atoms with van der Waals surface area (Å²) in [6.45, 7) is 3.66. The number of carbonyl (C=O) groups is 2. The molecule has 0 aromatic carbocycles. The number of hydrogen-bond donors (Lipinski definition) is 0. The number of carbonyl (C=O) groups excluding carboxylic acids is 2. The molecular formula is C12H20O4. The summed E-state index contributed by atoms with van der Waals surface area (Å²) < 4.78 is 9.87. The van der Waals surface area contributed by atoms with E-state index in [1.807, 2.05) is 13.8 Å². The van der Waals surface area contributed by atoms with Crippen molar-refractivity contribution < 1.29 is 19.1 Å². The molecule has 2 unspecified atom stereocenters. The van der Waals surface area contributed by atoms with Gasteiger partial charge in [0, 0.05) is 0 Å². The molecule has 1 fully saturated rings. The molecule has 16 heavy (non-hydrogen) atoms. The molecule has 0 bridgehead atoms. The summed E-state index contributed by atoms with van der Waals surface area (Å²) in [6, 6.07) is 0. The van der Waals surface area contributed by atoms with Gasteiger partial charge in [-0.2, -0.15) is 0 Å². The Bertz CT molecular complexity index is 260. The van der Waals surface area contributed by atoms with Gasteiger partial charge in [0.05, 0.1) is 25.0 Å². The summed E-state index contributed by atoms with van der Waals surface area (Å²) in [6.07, 6.45) is 3.00. The summed E-state index contributed by atoms with van der Waals surface area (Å²) in [5, 5.41) is 0. The van der Waals surface area contributed by atoms with Crippen molar-refractivity contribution in [2.75, 3.05) is 7.11 Å². The van der Waals surface area contributed by atoms with E-state index in [4.69, 9.17) is 9.47 Å². The van der Waals surface area contributed by atoms with Crippen LogP contribution in [-0.2, 0) is 19.1 Å². The van der Waals surface area contributed by atoms with Crippen LogP contribution in [0.15, 0.2) is 0 Å². The van der Waals surface area contributed by atoms with Crippen molar-refractivity contribution in [3.8, 4) is 0 Å². The summed E-state index contributed by atoms with van der Waals surface area (Å²) in [7, 11) is 1.39. The Morgan fingerprint density at radius 1 is 1.12 bits per heavy atom. The third kappa shape index (κ3) is 3.51. The molecule has 1 rings (SSSR count). The summed E-state index contributed by atoms with van der Waals surface area (Å²) in [5.41, 5.74) is 0. The smallest absolute Gasteiger partial charge is 0.309 e. The lowest BCUT2D eigenvalue weighted by Gasteiger charge is -2.26. The predicted octanol–water partition coefficient (Wildman–Crippen LogP) is 1.92. The van der Waals surface area contributed by atoms with Crippen molar-refractivity contribution in [3.05, 3.63) is 0 Å². The minimum atomic E-state index is -0.206. The fourth-order valence-corrected chi connectivity index (χ4v) is 2.11. The molecule has 0 aliphatic heterocycles. The van der Waals surface area contributed by atoms with Crippen molar-refractivity contribution in [1.29, 1.82) is 0 Å². The third-order valence-corrected chi connectivity index (χ3v) is 2.89. The van der Waals surface area contributed by atoms with Crippen LogP contribution in [0.1, 0.15) is 39.5 Å². The van der Waals surface area contributed by atoms with Crippen LogP contribution in [0.3, 0.4) is 0 Å². The third-order valence-electron chi connectivity index (χ3n) is 2.89. The van der Waals surface area contributed by atoms with Crippen LogP contribution in [0.5, 0.6) is 0 Å². The number of hydrogen-bond acceptors (Lipinski definition) is 4. The summed E-state index contributed by atoms with van der Waals surface area (Å²) in [5.74, 6) is -0.658. The van der Waals surface area contributed by atoms with Gasteiger partial charge in [0.2, 0.25) is 0 Å². The molecule has 0 aromatic rings. The Kier molecular flexibility index (Phi) is 4.77. The first kappa shape index (κ1) is 13.0. The fourth-order valence-electron chi connectivity index (χ4n) is 2.11. The van der Waals surface area contributed by atoms with Gasteiger partial charge in [0.1, 0.15) is 0 Å². The van der Waals surface area contributed by atoms with Gasteiger partial charge < -0.3 is 9.47 Å². The van der Waals surface area contributed by atoms with Crippen LogP contribution in [0.4, 0.5) is 0 Å². The average molecular weight is 228 g/mol. The zero-order chi connectivity index (χ0) is 12.1. The van der Waals surface area contributed by atoms with Gasteiger partial charge in [-0.1, -0.05) is 6.42 Å². The molecule has 0 saturated heterocycles. The highest BCUT2D eigenvalue weighted by Gasteiger charge is 2.32. The van der Waals surface area contributed by atoms with Crippen LogP contribution < -0.4 is 0 Å². The average Bonchev–Trinajstić information content (AvgIpc) is 2.27. The molecule has 1 aliphatic carbocycles. The zero-order valence-electron chi connectivity index (χ0n) is 10.2. The van der Waals surface area contributed by atoms with Crippen LogP contribution in [0.2, 0.25) is 0 Å². The Balaban J connectivity index is 2.50. The first-order chi connectivity index (χ1) is 7.54. The van der Waals surface area contributed by atoms with Gasteiger partial charge in [0.25, 0.3) is 0 Å². The minimum Gasteiger partial charge on any atom is -0.469 e. The molecule has 4 heteroatoms. The Labute approximate surface area is 96.3 Å². The molecule has 0 N–H and O–H groups in total. The van der Waals surface area contributed by atoms with E-state index in [0.717, 1.165) is 19.3 Å². The van der Waals surface area contributed by atoms with Gasteiger partial charge in [0.15, 0.2) is 0 Å². The maximum absolute atomic E-state index is 11.7. The van der Waals surface area contributed by atoms with Crippen molar-refractivity contribution in [2.24, 2.45) is 11.8 Å². The maximum Gasteiger partial charge on any atom is 0.309 e. The van der Waals surface area contributed by atoms with Gasteiger partial charge in [-0.05, 0) is 33.1 Å². The van der Waals surface area contributed by atoms with E-state index in [1.165, 1.54) is 7.11 Å². The second-order valence-electron chi connectivity index (χ2n) is 4.57. The molecule has 4 nitrogen and oxygen atoms in total. The van der Waals surface area contributed by atoms with Crippen LogP contribution in [0.25, 0.3) is 0 Å².